The third kappa shape index (κ3) is 5.17. The van der Waals surface area contributed by atoms with Crippen LogP contribution in [0.3, 0.4) is 0 Å². The van der Waals surface area contributed by atoms with Gasteiger partial charge in [-0.2, -0.15) is 0 Å². The average molecular weight is 343 g/mol. The number of ether oxygens (including phenoxy) is 2. The molecule has 0 saturated heterocycles. The Bertz CT molecular complexity index is 802. The first-order valence-corrected chi connectivity index (χ1v) is 7.50. The van der Waals surface area contributed by atoms with Crippen molar-refractivity contribution in [3.8, 4) is 5.75 Å². The molecule has 25 heavy (non-hydrogen) atoms. The zero-order valence-corrected chi connectivity index (χ0v) is 13.9. The minimum atomic E-state index is -0.518. The molecule has 1 amide bonds. The van der Waals surface area contributed by atoms with Gasteiger partial charge < -0.3 is 14.8 Å². The SMILES string of the molecule is COC(=O)c1cc(CNC(=O)/C=C/c2cccc(F)c2)ccc1OC. The maximum Gasteiger partial charge on any atom is 0.341 e. The normalized spacial score (nSPS) is 10.5. The summed E-state index contributed by atoms with van der Waals surface area (Å²) in [7, 11) is 2.74. The van der Waals surface area contributed by atoms with Crippen molar-refractivity contribution in [2.24, 2.45) is 0 Å². The van der Waals surface area contributed by atoms with Crippen molar-refractivity contribution in [2.75, 3.05) is 14.2 Å². The van der Waals surface area contributed by atoms with Gasteiger partial charge in [-0.05, 0) is 41.5 Å². The van der Waals surface area contributed by atoms with Crippen molar-refractivity contribution in [3.63, 3.8) is 0 Å². The summed E-state index contributed by atoms with van der Waals surface area (Å²) < 4.78 is 22.9. The van der Waals surface area contributed by atoms with Gasteiger partial charge in [-0.15, -0.1) is 0 Å². The van der Waals surface area contributed by atoms with Gasteiger partial charge in [0.25, 0.3) is 0 Å². The molecule has 0 aliphatic heterocycles. The first-order chi connectivity index (χ1) is 12.0. The highest BCUT2D eigenvalue weighted by molar-refractivity contribution is 5.93. The summed E-state index contributed by atoms with van der Waals surface area (Å²) in [6.07, 6.45) is 2.84. The van der Waals surface area contributed by atoms with Gasteiger partial charge in [-0.1, -0.05) is 18.2 Å². The number of esters is 1. The van der Waals surface area contributed by atoms with Gasteiger partial charge in [0, 0.05) is 12.6 Å². The van der Waals surface area contributed by atoms with Gasteiger partial charge in [0.15, 0.2) is 0 Å². The summed E-state index contributed by atoms with van der Waals surface area (Å²) in [5, 5.41) is 2.69. The molecule has 5 nitrogen and oxygen atoms in total. The lowest BCUT2D eigenvalue weighted by atomic mass is 10.1. The van der Waals surface area contributed by atoms with E-state index in [2.05, 4.69) is 5.32 Å². The van der Waals surface area contributed by atoms with Crippen LogP contribution in [0, 0.1) is 5.82 Å². The number of rotatable bonds is 6. The molecule has 0 fully saturated rings. The van der Waals surface area contributed by atoms with Crippen LogP contribution in [0.25, 0.3) is 6.08 Å². The van der Waals surface area contributed by atoms with Gasteiger partial charge in [0.1, 0.15) is 17.1 Å². The van der Waals surface area contributed by atoms with E-state index >= 15 is 0 Å². The van der Waals surface area contributed by atoms with Gasteiger partial charge in [-0.3, -0.25) is 4.79 Å². The number of hydrogen-bond donors (Lipinski definition) is 1. The summed E-state index contributed by atoms with van der Waals surface area (Å²) in [6, 6.07) is 10.9. The molecular formula is C19H18FNO4. The summed E-state index contributed by atoms with van der Waals surface area (Å²) in [6.45, 7) is 0.223. The fourth-order valence-corrected chi connectivity index (χ4v) is 2.16. The van der Waals surface area contributed by atoms with Gasteiger partial charge >= 0.3 is 5.97 Å². The van der Waals surface area contributed by atoms with E-state index in [9.17, 15) is 14.0 Å². The molecule has 0 aromatic heterocycles. The van der Waals surface area contributed by atoms with E-state index in [1.807, 2.05) is 0 Å². The van der Waals surface area contributed by atoms with Crippen molar-refractivity contribution >= 4 is 18.0 Å². The minimum absolute atomic E-state index is 0.223. The van der Waals surface area contributed by atoms with E-state index in [4.69, 9.17) is 9.47 Å². The van der Waals surface area contributed by atoms with E-state index in [0.29, 0.717) is 16.9 Å². The van der Waals surface area contributed by atoms with Crippen LogP contribution in [-0.2, 0) is 16.1 Å². The Labute approximate surface area is 145 Å². The molecule has 0 saturated carbocycles. The number of hydrogen-bond acceptors (Lipinski definition) is 4. The highest BCUT2D eigenvalue weighted by atomic mass is 19.1. The molecule has 2 aromatic rings. The molecule has 1 N–H and O–H groups in total. The minimum Gasteiger partial charge on any atom is -0.496 e. The van der Waals surface area contributed by atoms with Crippen molar-refractivity contribution in [3.05, 3.63) is 71.0 Å². The van der Waals surface area contributed by atoms with Crippen LogP contribution in [0.5, 0.6) is 5.75 Å². The molecule has 0 atom stereocenters. The Morgan fingerprint density at radius 2 is 1.96 bits per heavy atom. The lowest BCUT2D eigenvalue weighted by Gasteiger charge is -2.09. The fraction of sp³-hybridized carbons (Fsp3) is 0.158. The summed E-state index contributed by atoms with van der Waals surface area (Å²) in [5.74, 6) is -0.820. The van der Waals surface area contributed by atoms with Crippen LogP contribution in [0.1, 0.15) is 21.5 Å². The lowest BCUT2D eigenvalue weighted by Crippen LogP contribution is -2.20. The molecule has 0 aliphatic rings. The Morgan fingerprint density at radius 1 is 1.16 bits per heavy atom. The Balaban J connectivity index is 2.00. The molecule has 0 aliphatic carbocycles. The van der Waals surface area contributed by atoms with E-state index in [1.165, 1.54) is 38.5 Å². The number of halogens is 1. The molecule has 0 heterocycles. The maximum atomic E-state index is 13.1. The number of carbonyl (C=O) groups excluding carboxylic acids is 2. The van der Waals surface area contributed by atoms with E-state index in [0.717, 1.165) is 0 Å². The molecule has 6 heteroatoms. The van der Waals surface area contributed by atoms with Crippen molar-refractivity contribution in [1.82, 2.24) is 5.32 Å². The van der Waals surface area contributed by atoms with E-state index < -0.39 is 5.97 Å². The van der Waals surface area contributed by atoms with Gasteiger partial charge in [0.05, 0.1) is 14.2 Å². The first kappa shape index (κ1) is 18.2. The smallest absolute Gasteiger partial charge is 0.341 e. The average Bonchev–Trinajstić information content (AvgIpc) is 2.63. The largest absolute Gasteiger partial charge is 0.496 e. The van der Waals surface area contributed by atoms with Crippen molar-refractivity contribution < 1.29 is 23.5 Å². The maximum absolute atomic E-state index is 13.1. The zero-order valence-electron chi connectivity index (χ0n) is 13.9. The number of amides is 1. The predicted octanol–water partition coefficient (Wildman–Crippen LogP) is 2.95. The summed E-state index contributed by atoms with van der Waals surface area (Å²) in [5.41, 5.74) is 1.59. The molecular weight excluding hydrogens is 325 g/mol. The molecule has 0 unspecified atom stereocenters. The topological polar surface area (TPSA) is 64.6 Å². The zero-order chi connectivity index (χ0) is 18.2. The second-order valence-electron chi connectivity index (χ2n) is 5.13. The molecule has 2 aromatic carbocycles. The van der Waals surface area contributed by atoms with Crippen LogP contribution < -0.4 is 10.1 Å². The highest BCUT2D eigenvalue weighted by Crippen LogP contribution is 2.20. The van der Waals surface area contributed by atoms with Crippen molar-refractivity contribution in [1.29, 1.82) is 0 Å². The first-order valence-electron chi connectivity index (χ1n) is 7.50. The number of carbonyl (C=O) groups is 2. The number of methoxy groups -OCH3 is 2. The van der Waals surface area contributed by atoms with Gasteiger partial charge in [0.2, 0.25) is 5.91 Å². The number of nitrogens with one attached hydrogen (secondary N) is 1. The predicted molar refractivity (Wildman–Crippen MR) is 91.6 cm³/mol. The molecule has 0 bridgehead atoms. The van der Waals surface area contributed by atoms with Crippen LogP contribution in [0.4, 0.5) is 4.39 Å². The summed E-state index contributed by atoms with van der Waals surface area (Å²) >= 11 is 0. The third-order valence-corrected chi connectivity index (χ3v) is 3.41. The third-order valence-electron chi connectivity index (χ3n) is 3.41. The number of benzene rings is 2. The molecule has 0 spiro atoms. The van der Waals surface area contributed by atoms with Gasteiger partial charge in [-0.25, -0.2) is 9.18 Å². The molecule has 130 valence electrons. The second kappa shape index (κ2) is 8.63. The molecule has 0 radical (unpaired) electrons. The van der Waals surface area contributed by atoms with Crippen LogP contribution in [0.15, 0.2) is 48.5 Å². The van der Waals surface area contributed by atoms with E-state index in [-0.39, 0.29) is 23.8 Å². The Morgan fingerprint density at radius 3 is 2.64 bits per heavy atom. The highest BCUT2D eigenvalue weighted by Gasteiger charge is 2.13. The second-order valence-corrected chi connectivity index (χ2v) is 5.13. The lowest BCUT2D eigenvalue weighted by molar-refractivity contribution is -0.116. The standard InChI is InChI=1S/C19H18FNO4/c1-24-17-8-6-14(11-16(17)19(23)25-2)12-21-18(22)9-7-13-4-3-5-15(20)10-13/h3-11H,12H2,1-2H3,(H,21,22)/b9-7+. The van der Waals surface area contributed by atoms with E-state index in [1.54, 1.807) is 30.3 Å². The van der Waals surface area contributed by atoms with Crippen LogP contribution in [-0.4, -0.2) is 26.1 Å². The monoisotopic (exact) mass is 343 g/mol. The fourth-order valence-electron chi connectivity index (χ4n) is 2.16. The Kier molecular flexibility index (Phi) is 6.28. The quantitative estimate of drug-likeness (QED) is 0.647. The Hall–Kier alpha value is -3.15. The molecule has 2 rings (SSSR count). The van der Waals surface area contributed by atoms with Crippen molar-refractivity contribution in [2.45, 2.75) is 6.54 Å². The van der Waals surface area contributed by atoms with Crippen LogP contribution in [0.2, 0.25) is 0 Å². The summed E-state index contributed by atoms with van der Waals surface area (Å²) in [4.78, 5) is 23.6. The van der Waals surface area contributed by atoms with Crippen LogP contribution >= 0.6 is 0 Å².